The fourth-order valence-electron chi connectivity index (χ4n) is 4.39. The van der Waals surface area contributed by atoms with Gasteiger partial charge in [-0.15, -0.1) is 0 Å². The van der Waals surface area contributed by atoms with Crippen LogP contribution in [0.4, 0.5) is 11.8 Å². The number of primary amides is 1. The third-order valence-electron chi connectivity index (χ3n) is 6.32. The van der Waals surface area contributed by atoms with E-state index in [1.165, 1.54) is 18.6 Å². The van der Waals surface area contributed by atoms with E-state index >= 15 is 0 Å². The third kappa shape index (κ3) is 6.40. The Morgan fingerprint density at radius 1 is 1.11 bits per heavy atom. The first-order valence-corrected chi connectivity index (χ1v) is 12.7. The lowest BCUT2D eigenvalue weighted by Crippen LogP contribution is -2.37. The lowest BCUT2D eigenvalue weighted by molar-refractivity contribution is 0.1000. The van der Waals surface area contributed by atoms with Gasteiger partial charge in [-0.25, -0.2) is 9.97 Å². The summed E-state index contributed by atoms with van der Waals surface area (Å²) in [6.45, 7) is 6.77. The van der Waals surface area contributed by atoms with Gasteiger partial charge in [-0.05, 0) is 31.7 Å². The number of nitriles is 1. The molecule has 37 heavy (non-hydrogen) atoms. The molecule has 0 aromatic carbocycles. The quantitative estimate of drug-likeness (QED) is 0.512. The van der Waals surface area contributed by atoms with E-state index in [1.807, 2.05) is 26.0 Å². The standard InChI is InChI=1S/C24H26N8O3.C2H6/c25-11-15-12-28-24(29-13-15)30-17-1-3-18(4-2-17)35-23-19-9-16(22(26)33)14-27-20(19)10-21(31-23)32-5-7-34-8-6-32;1-2/h9-10,12-14,17-18H,1-8H2,(H2,26,33)(H,28,29,30);1-2H3. The van der Waals surface area contributed by atoms with Crippen molar-refractivity contribution in [3.05, 3.63) is 41.9 Å². The lowest BCUT2D eigenvalue weighted by atomic mass is 9.93. The summed E-state index contributed by atoms with van der Waals surface area (Å²) < 4.78 is 11.9. The first-order valence-electron chi connectivity index (χ1n) is 12.7. The van der Waals surface area contributed by atoms with Crippen molar-refractivity contribution in [1.29, 1.82) is 5.26 Å². The average Bonchev–Trinajstić information content (AvgIpc) is 2.95. The van der Waals surface area contributed by atoms with Crippen molar-refractivity contribution in [1.82, 2.24) is 19.9 Å². The number of morpholine rings is 1. The smallest absolute Gasteiger partial charge is 0.250 e. The number of amides is 1. The topological polar surface area (TPSA) is 152 Å². The van der Waals surface area contributed by atoms with Gasteiger partial charge in [-0.1, -0.05) is 13.8 Å². The number of nitrogens with one attached hydrogen (secondary N) is 1. The molecular weight excluding hydrogens is 472 g/mol. The summed E-state index contributed by atoms with van der Waals surface area (Å²) >= 11 is 0. The van der Waals surface area contributed by atoms with Crippen LogP contribution < -0.4 is 20.7 Å². The molecule has 0 radical (unpaired) electrons. The molecular formula is C26H32N8O3. The Bertz CT molecular complexity index is 1250. The maximum atomic E-state index is 11.7. The van der Waals surface area contributed by atoms with Gasteiger partial charge in [-0.3, -0.25) is 9.78 Å². The van der Waals surface area contributed by atoms with Gasteiger partial charge in [0.1, 0.15) is 18.0 Å². The van der Waals surface area contributed by atoms with E-state index in [9.17, 15) is 4.79 Å². The van der Waals surface area contributed by atoms with E-state index in [-0.39, 0.29) is 12.1 Å². The van der Waals surface area contributed by atoms with Crippen LogP contribution in [0.1, 0.15) is 55.5 Å². The largest absolute Gasteiger partial charge is 0.474 e. The fraction of sp³-hybridized carbons (Fsp3) is 0.462. The van der Waals surface area contributed by atoms with Gasteiger partial charge in [0.2, 0.25) is 17.7 Å². The molecule has 3 aromatic heterocycles. The maximum Gasteiger partial charge on any atom is 0.250 e. The second kappa shape index (κ2) is 12.3. The number of aromatic nitrogens is 4. The normalized spacial score (nSPS) is 19.3. The van der Waals surface area contributed by atoms with Gasteiger partial charge >= 0.3 is 0 Å². The summed E-state index contributed by atoms with van der Waals surface area (Å²) in [6, 6.07) is 5.85. The highest BCUT2D eigenvalue weighted by Gasteiger charge is 2.25. The van der Waals surface area contributed by atoms with Gasteiger partial charge in [0.05, 0.1) is 47.6 Å². The number of anilines is 2. The number of ether oxygens (including phenoxy) is 2. The summed E-state index contributed by atoms with van der Waals surface area (Å²) in [5.74, 6) is 1.22. The molecule has 1 saturated carbocycles. The van der Waals surface area contributed by atoms with E-state index in [0.29, 0.717) is 47.1 Å². The number of pyridine rings is 2. The lowest BCUT2D eigenvalue weighted by Gasteiger charge is -2.31. The predicted octanol–water partition coefficient (Wildman–Crippen LogP) is 3.06. The third-order valence-corrected chi connectivity index (χ3v) is 6.32. The Labute approximate surface area is 216 Å². The van der Waals surface area contributed by atoms with Crippen LogP contribution in [0.2, 0.25) is 0 Å². The molecule has 2 fully saturated rings. The highest BCUT2D eigenvalue weighted by molar-refractivity contribution is 5.97. The second-order valence-electron chi connectivity index (χ2n) is 8.68. The SMILES string of the molecule is CC.N#Cc1cnc(NC2CCC(Oc3nc(N4CCOCC4)cc4ncc(C(N)=O)cc34)CC2)nc1. The molecule has 0 spiro atoms. The average molecular weight is 505 g/mol. The molecule has 0 atom stereocenters. The molecule has 4 heterocycles. The highest BCUT2D eigenvalue weighted by atomic mass is 16.5. The Balaban J connectivity index is 0.00000156. The Hall–Kier alpha value is -4.04. The minimum absolute atomic E-state index is 0.0252. The van der Waals surface area contributed by atoms with E-state index in [2.05, 4.69) is 25.2 Å². The van der Waals surface area contributed by atoms with Crippen molar-refractivity contribution in [2.75, 3.05) is 36.5 Å². The molecule has 11 heteroatoms. The summed E-state index contributed by atoms with van der Waals surface area (Å²) in [6.07, 6.45) is 7.87. The van der Waals surface area contributed by atoms with E-state index in [4.69, 9.17) is 25.5 Å². The van der Waals surface area contributed by atoms with Crippen LogP contribution in [0.15, 0.2) is 30.7 Å². The number of carbonyl (C=O) groups is 1. The molecule has 3 N–H and O–H groups in total. The van der Waals surface area contributed by atoms with Crippen LogP contribution in [0.5, 0.6) is 5.88 Å². The number of nitrogens with two attached hydrogens (primary N) is 1. The van der Waals surface area contributed by atoms with Crippen molar-refractivity contribution in [2.45, 2.75) is 51.7 Å². The minimum Gasteiger partial charge on any atom is -0.474 e. The van der Waals surface area contributed by atoms with Crippen molar-refractivity contribution in [3.63, 3.8) is 0 Å². The predicted molar refractivity (Wildman–Crippen MR) is 139 cm³/mol. The van der Waals surface area contributed by atoms with Gasteiger partial charge in [0.15, 0.2) is 0 Å². The molecule has 1 aliphatic carbocycles. The molecule has 11 nitrogen and oxygen atoms in total. The van der Waals surface area contributed by atoms with Gasteiger partial charge in [-0.2, -0.15) is 10.2 Å². The summed E-state index contributed by atoms with van der Waals surface area (Å²) in [7, 11) is 0. The van der Waals surface area contributed by atoms with Crippen molar-refractivity contribution >= 4 is 28.6 Å². The molecule has 1 saturated heterocycles. The highest BCUT2D eigenvalue weighted by Crippen LogP contribution is 2.32. The van der Waals surface area contributed by atoms with Gasteiger partial charge in [0.25, 0.3) is 0 Å². The number of rotatable bonds is 6. The first kappa shape index (κ1) is 26.0. The van der Waals surface area contributed by atoms with Crippen LogP contribution in [0, 0.1) is 11.3 Å². The number of nitrogens with zero attached hydrogens (tertiary/aromatic N) is 6. The molecule has 194 valence electrons. The Kier molecular flexibility index (Phi) is 8.64. The van der Waals surface area contributed by atoms with Crippen LogP contribution in [-0.2, 0) is 4.74 Å². The molecule has 2 aliphatic rings. The zero-order valence-electron chi connectivity index (χ0n) is 21.2. The number of fused-ring (bicyclic) bond motifs is 1. The Morgan fingerprint density at radius 3 is 2.46 bits per heavy atom. The monoisotopic (exact) mass is 504 g/mol. The fourth-order valence-corrected chi connectivity index (χ4v) is 4.39. The molecule has 5 rings (SSSR count). The van der Waals surface area contributed by atoms with Gasteiger partial charge < -0.3 is 25.4 Å². The number of hydrogen-bond donors (Lipinski definition) is 2. The summed E-state index contributed by atoms with van der Waals surface area (Å²) in [4.78, 5) is 31.6. The van der Waals surface area contributed by atoms with E-state index < -0.39 is 5.91 Å². The summed E-state index contributed by atoms with van der Waals surface area (Å²) in [5, 5.41) is 12.9. The number of hydrogen-bond acceptors (Lipinski definition) is 10. The number of carbonyl (C=O) groups excluding carboxylic acids is 1. The van der Waals surface area contributed by atoms with Crippen LogP contribution in [-0.4, -0.2) is 64.3 Å². The van der Waals surface area contributed by atoms with Crippen molar-refractivity contribution in [3.8, 4) is 11.9 Å². The zero-order chi connectivity index (χ0) is 26.2. The second-order valence-corrected chi connectivity index (χ2v) is 8.68. The minimum atomic E-state index is -0.542. The Morgan fingerprint density at radius 2 is 1.81 bits per heavy atom. The van der Waals surface area contributed by atoms with E-state index in [0.717, 1.165) is 44.6 Å². The van der Waals surface area contributed by atoms with Gasteiger partial charge in [0, 0.05) is 31.4 Å². The van der Waals surface area contributed by atoms with Crippen LogP contribution >= 0.6 is 0 Å². The van der Waals surface area contributed by atoms with Crippen LogP contribution in [0.25, 0.3) is 10.9 Å². The molecule has 0 bridgehead atoms. The van der Waals surface area contributed by atoms with Crippen molar-refractivity contribution in [2.24, 2.45) is 5.73 Å². The van der Waals surface area contributed by atoms with Crippen molar-refractivity contribution < 1.29 is 14.3 Å². The van der Waals surface area contributed by atoms with E-state index in [1.54, 1.807) is 6.07 Å². The zero-order valence-corrected chi connectivity index (χ0v) is 21.2. The summed E-state index contributed by atoms with van der Waals surface area (Å²) in [5.41, 5.74) is 6.94. The molecule has 0 unspecified atom stereocenters. The van der Waals surface area contributed by atoms with Crippen LogP contribution in [0.3, 0.4) is 0 Å². The molecule has 1 aliphatic heterocycles. The first-order chi connectivity index (χ1) is 18.1. The molecule has 3 aromatic rings. The maximum absolute atomic E-state index is 11.7. The molecule has 1 amide bonds.